The number of nitrogens with zero attached hydrogens (tertiary/aromatic N) is 2. The quantitative estimate of drug-likeness (QED) is 0.672. The van der Waals surface area contributed by atoms with Gasteiger partial charge in [-0.1, -0.05) is 19.9 Å². The average Bonchev–Trinajstić information content (AvgIpc) is 2.53. The molecule has 1 aromatic rings. The zero-order chi connectivity index (χ0) is 19.7. The van der Waals surface area contributed by atoms with E-state index in [-0.39, 0.29) is 24.8 Å². The van der Waals surface area contributed by atoms with Crippen molar-refractivity contribution in [3.05, 3.63) is 24.3 Å². The van der Waals surface area contributed by atoms with Crippen LogP contribution < -0.4 is 9.62 Å². The molecule has 2 amide bonds. The van der Waals surface area contributed by atoms with Gasteiger partial charge in [0, 0.05) is 38.7 Å². The van der Waals surface area contributed by atoms with E-state index in [1.165, 1.54) is 11.2 Å². The van der Waals surface area contributed by atoms with Crippen LogP contribution in [0.4, 0.5) is 11.4 Å². The van der Waals surface area contributed by atoms with Gasteiger partial charge in [0.25, 0.3) is 0 Å². The van der Waals surface area contributed by atoms with Crippen LogP contribution in [0.15, 0.2) is 24.3 Å². The zero-order valence-corrected chi connectivity index (χ0v) is 16.8. The Bertz CT molecular complexity index is 713. The van der Waals surface area contributed by atoms with Gasteiger partial charge in [0.05, 0.1) is 11.9 Å². The molecule has 0 aliphatic rings. The maximum atomic E-state index is 12.4. The molecule has 0 saturated carbocycles. The van der Waals surface area contributed by atoms with Crippen LogP contribution in [0.5, 0.6) is 0 Å². The topological polar surface area (TPSA) is 86.8 Å². The summed E-state index contributed by atoms with van der Waals surface area (Å²) in [5.74, 6) is -0.293. The average molecular weight is 384 g/mol. The number of anilines is 2. The number of rotatable bonds is 10. The molecule has 0 aliphatic carbocycles. The Morgan fingerprint density at radius 1 is 1.08 bits per heavy atom. The summed E-state index contributed by atoms with van der Waals surface area (Å²) in [5, 5.41) is 2.63. The molecule has 26 heavy (non-hydrogen) atoms. The molecule has 146 valence electrons. The van der Waals surface area contributed by atoms with Gasteiger partial charge in [-0.05, 0) is 31.0 Å². The van der Waals surface area contributed by atoms with Crippen LogP contribution in [-0.4, -0.2) is 51.0 Å². The molecule has 0 spiro atoms. The Kier molecular flexibility index (Phi) is 8.57. The van der Waals surface area contributed by atoms with Gasteiger partial charge < -0.3 is 10.2 Å². The first-order chi connectivity index (χ1) is 12.2. The number of carbonyl (C=O) groups is 2. The van der Waals surface area contributed by atoms with Crippen molar-refractivity contribution in [1.29, 1.82) is 0 Å². The molecule has 0 bridgehead atoms. The monoisotopic (exact) mass is 383 g/mol. The van der Waals surface area contributed by atoms with Crippen LogP contribution in [0.2, 0.25) is 0 Å². The van der Waals surface area contributed by atoms with E-state index in [9.17, 15) is 18.0 Å². The number of sulfonamides is 1. The highest BCUT2D eigenvalue weighted by molar-refractivity contribution is 7.92. The van der Waals surface area contributed by atoms with Crippen molar-refractivity contribution in [3.63, 3.8) is 0 Å². The van der Waals surface area contributed by atoms with Crippen molar-refractivity contribution in [3.8, 4) is 0 Å². The fourth-order valence-corrected chi connectivity index (χ4v) is 3.60. The first-order valence-corrected chi connectivity index (χ1v) is 10.7. The van der Waals surface area contributed by atoms with Crippen LogP contribution in [-0.2, 0) is 19.6 Å². The lowest BCUT2D eigenvalue weighted by Crippen LogP contribution is -2.37. The fraction of sp³-hybridized carbons (Fsp3) is 0.556. The van der Waals surface area contributed by atoms with Crippen molar-refractivity contribution in [2.24, 2.45) is 0 Å². The fourth-order valence-electron chi connectivity index (χ4n) is 2.68. The molecule has 8 heteroatoms. The van der Waals surface area contributed by atoms with Crippen LogP contribution in [0.1, 0.15) is 40.0 Å². The third-order valence-electron chi connectivity index (χ3n) is 3.72. The zero-order valence-electron chi connectivity index (χ0n) is 16.0. The Morgan fingerprint density at radius 2 is 1.69 bits per heavy atom. The van der Waals surface area contributed by atoms with Crippen molar-refractivity contribution < 1.29 is 18.0 Å². The third-order valence-corrected chi connectivity index (χ3v) is 4.92. The number of carbonyl (C=O) groups excluding carboxylic acids is 2. The van der Waals surface area contributed by atoms with Gasteiger partial charge in [0.1, 0.15) is 0 Å². The van der Waals surface area contributed by atoms with Gasteiger partial charge in [-0.3, -0.25) is 13.9 Å². The lowest BCUT2D eigenvalue weighted by Gasteiger charge is -2.26. The Balaban J connectivity index is 2.95. The standard InChI is InChI=1S/C18H29N3O4S/c1-5-11-20(12-6-2)18(23)10-13-21(26(4,24)25)17-9-7-8-16(14-17)19-15(3)22/h7-9,14H,5-6,10-13H2,1-4H3,(H,19,22). The number of benzene rings is 1. The Hall–Kier alpha value is -2.09. The molecule has 0 aromatic heterocycles. The second-order valence-corrected chi connectivity index (χ2v) is 8.10. The smallest absolute Gasteiger partial charge is 0.232 e. The van der Waals surface area contributed by atoms with Crippen molar-refractivity contribution in [2.45, 2.75) is 40.0 Å². The molecular formula is C18H29N3O4S. The highest BCUT2D eigenvalue weighted by Crippen LogP contribution is 2.22. The van der Waals surface area contributed by atoms with Crippen LogP contribution in [0.3, 0.4) is 0 Å². The SMILES string of the molecule is CCCN(CCC)C(=O)CCN(c1cccc(NC(C)=O)c1)S(C)(=O)=O. The highest BCUT2D eigenvalue weighted by atomic mass is 32.2. The molecule has 1 rings (SSSR count). The minimum Gasteiger partial charge on any atom is -0.343 e. The lowest BCUT2D eigenvalue weighted by atomic mass is 10.2. The van der Waals surface area contributed by atoms with E-state index in [4.69, 9.17) is 0 Å². The van der Waals surface area contributed by atoms with E-state index in [2.05, 4.69) is 5.32 Å². The summed E-state index contributed by atoms with van der Waals surface area (Å²) >= 11 is 0. The van der Waals surface area contributed by atoms with E-state index in [0.717, 1.165) is 19.1 Å². The van der Waals surface area contributed by atoms with E-state index < -0.39 is 10.0 Å². The van der Waals surface area contributed by atoms with Gasteiger partial charge >= 0.3 is 0 Å². The van der Waals surface area contributed by atoms with E-state index >= 15 is 0 Å². The van der Waals surface area contributed by atoms with Crippen molar-refractivity contribution in [1.82, 2.24) is 4.90 Å². The largest absolute Gasteiger partial charge is 0.343 e. The summed E-state index contributed by atoms with van der Waals surface area (Å²) in [5.41, 5.74) is 0.928. The minimum absolute atomic E-state index is 0.0552. The molecule has 1 aromatic carbocycles. The van der Waals surface area contributed by atoms with Crippen molar-refractivity contribution in [2.75, 3.05) is 35.5 Å². The maximum Gasteiger partial charge on any atom is 0.232 e. The molecule has 0 saturated heterocycles. The van der Waals surface area contributed by atoms with Gasteiger partial charge in [0.2, 0.25) is 21.8 Å². The first-order valence-electron chi connectivity index (χ1n) is 8.82. The normalized spacial score (nSPS) is 11.1. The number of amides is 2. The predicted octanol–water partition coefficient (Wildman–Crippen LogP) is 2.45. The molecule has 0 aliphatic heterocycles. The molecule has 1 N–H and O–H groups in total. The Morgan fingerprint density at radius 3 is 2.19 bits per heavy atom. The molecule has 0 heterocycles. The first kappa shape index (κ1) is 22.0. The molecule has 0 unspecified atom stereocenters. The van der Waals surface area contributed by atoms with Gasteiger partial charge in [-0.2, -0.15) is 0 Å². The molecular weight excluding hydrogens is 354 g/mol. The minimum atomic E-state index is -3.56. The van der Waals surface area contributed by atoms with E-state index in [1.807, 2.05) is 13.8 Å². The molecule has 0 radical (unpaired) electrons. The maximum absolute atomic E-state index is 12.4. The number of hydrogen-bond acceptors (Lipinski definition) is 4. The second-order valence-electron chi connectivity index (χ2n) is 6.20. The number of hydrogen-bond donors (Lipinski definition) is 1. The van der Waals surface area contributed by atoms with E-state index in [1.54, 1.807) is 29.2 Å². The van der Waals surface area contributed by atoms with E-state index in [0.29, 0.717) is 24.5 Å². The van der Waals surface area contributed by atoms with Crippen molar-refractivity contribution >= 4 is 33.2 Å². The summed E-state index contributed by atoms with van der Waals surface area (Å²) in [6, 6.07) is 6.58. The summed E-state index contributed by atoms with van der Waals surface area (Å²) < 4.78 is 25.6. The summed E-state index contributed by atoms with van der Waals surface area (Å²) in [4.78, 5) is 25.4. The predicted molar refractivity (Wildman–Crippen MR) is 105 cm³/mol. The summed E-state index contributed by atoms with van der Waals surface area (Å²) in [6.45, 7) is 6.80. The highest BCUT2D eigenvalue weighted by Gasteiger charge is 2.21. The van der Waals surface area contributed by atoms with Gasteiger partial charge in [-0.15, -0.1) is 0 Å². The summed E-state index contributed by atoms with van der Waals surface area (Å²) in [6.07, 6.45) is 2.94. The third kappa shape index (κ3) is 7.03. The molecule has 7 nitrogen and oxygen atoms in total. The van der Waals surface area contributed by atoms with Crippen LogP contribution >= 0.6 is 0 Å². The lowest BCUT2D eigenvalue weighted by molar-refractivity contribution is -0.131. The summed E-state index contributed by atoms with van der Waals surface area (Å²) in [7, 11) is -3.56. The van der Waals surface area contributed by atoms with Gasteiger partial charge in [0.15, 0.2) is 0 Å². The van der Waals surface area contributed by atoms with Gasteiger partial charge in [-0.25, -0.2) is 8.42 Å². The number of nitrogens with one attached hydrogen (secondary N) is 1. The Labute approximate surface area is 156 Å². The van der Waals surface area contributed by atoms with Crippen LogP contribution in [0.25, 0.3) is 0 Å². The van der Waals surface area contributed by atoms with Crippen LogP contribution in [0, 0.1) is 0 Å². The molecule has 0 fully saturated rings. The second kappa shape index (κ2) is 10.2. The molecule has 0 atom stereocenters.